The van der Waals surface area contributed by atoms with Crippen molar-refractivity contribution in [1.29, 1.82) is 0 Å². The van der Waals surface area contributed by atoms with E-state index in [4.69, 9.17) is 5.73 Å². The van der Waals surface area contributed by atoms with Crippen molar-refractivity contribution < 1.29 is 10.2 Å². The first-order valence-electron chi connectivity index (χ1n) is 4.73. The van der Waals surface area contributed by atoms with E-state index in [1.54, 1.807) is 12.1 Å². The molecule has 0 aliphatic carbocycles. The van der Waals surface area contributed by atoms with Gasteiger partial charge < -0.3 is 15.9 Å². The van der Waals surface area contributed by atoms with Crippen LogP contribution in [0.1, 0.15) is 18.9 Å². The molecule has 1 rings (SSSR count). The van der Waals surface area contributed by atoms with Gasteiger partial charge in [-0.1, -0.05) is 25.1 Å². The summed E-state index contributed by atoms with van der Waals surface area (Å²) in [5.41, 5.74) is 5.80. The molecule has 0 saturated heterocycles. The van der Waals surface area contributed by atoms with Gasteiger partial charge in [-0.2, -0.15) is 0 Å². The Morgan fingerprint density at radius 3 is 2.50 bits per heavy atom. The second-order valence-corrected chi connectivity index (χ2v) is 3.77. The van der Waals surface area contributed by atoms with Crippen molar-refractivity contribution in [2.75, 3.05) is 13.2 Å². The topological polar surface area (TPSA) is 66.5 Å². The Morgan fingerprint density at radius 1 is 1.36 bits per heavy atom. The first kappa shape index (κ1) is 11.0. The maximum atomic E-state index is 9.65. The van der Waals surface area contributed by atoms with Gasteiger partial charge in [-0.3, -0.25) is 0 Å². The lowest BCUT2D eigenvalue weighted by atomic mass is 9.80. The van der Waals surface area contributed by atoms with Crippen LogP contribution in [0.3, 0.4) is 0 Å². The molecule has 1 aromatic carbocycles. The number of rotatable bonds is 4. The average Bonchev–Trinajstić information content (AvgIpc) is 2.18. The molecule has 0 bridgehead atoms. The van der Waals surface area contributed by atoms with Gasteiger partial charge in [0.25, 0.3) is 0 Å². The molecule has 1 unspecified atom stereocenters. The Bertz CT molecular complexity index is 301. The molecule has 0 radical (unpaired) electrons. The third-order valence-electron chi connectivity index (χ3n) is 2.60. The minimum atomic E-state index is -0.444. The smallest absolute Gasteiger partial charge is 0.119 e. The van der Waals surface area contributed by atoms with Gasteiger partial charge in [0.05, 0.1) is 6.61 Å². The van der Waals surface area contributed by atoms with Crippen LogP contribution in [0.4, 0.5) is 0 Å². The molecule has 0 saturated carbocycles. The Balaban J connectivity index is 3.05. The minimum absolute atomic E-state index is 0.0121. The molecule has 3 heteroatoms. The first-order chi connectivity index (χ1) is 6.64. The second-order valence-electron chi connectivity index (χ2n) is 3.77. The SMILES string of the molecule is CC(CO)(CCN)c1ccccc1O. The lowest BCUT2D eigenvalue weighted by molar-refractivity contribution is 0.195. The third kappa shape index (κ3) is 2.05. The molecule has 0 heterocycles. The normalized spacial score (nSPS) is 15.1. The Kier molecular flexibility index (Phi) is 3.49. The molecular formula is C11H17NO2. The Hall–Kier alpha value is -1.06. The van der Waals surface area contributed by atoms with Gasteiger partial charge in [-0.15, -0.1) is 0 Å². The van der Waals surface area contributed by atoms with E-state index in [9.17, 15) is 10.2 Å². The fourth-order valence-corrected chi connectivity index (χ4v) is 1.60. The second kappa shape index (κ2) is 4.44. The summed E-state index contributed by atoms with van der Waals surface area (Å²) in [5, 5.41) is 19.0. The largest absolute Gasteiger partial charge is 0.508 e. The van der Waals surface area contributed by atoms with Gasteiger partial charge in [0, 0.05) is 11.0 Å². The number of hydrogen-bond acceptors (Lipinski definition) is 3. The number of hydrogen-bond donors (Lipinski definition) is 3. The summed E-state index contributed by atoms with van der Waals surface area (Å²) in [6.45, 7) is 2.38. The van der Waals surface area contributed by atoms with E-state index < -0.39 is 5.41 Å². The molecule has 0 aromatic heterocycles. The zero-order valence-electron chi connectivity index (χ0n) is 8.40. The highest BCUT2D eigenvalue weighted by atomic mass is 16.3. The van der Waals surface area contributed by atoms with E-state index in [0.29, 0.717) is 13.0 Å². The standard InChI is InChI=1S/C11H17NO2/c1-11(8-13,6-7-12)9-4-2-3-5-10(9)14/h2-5,13-14H,6-8,12H2,1H3. The maximum absolute atomic E-state index is 9.65. The van der Waals surface area contributed by atoms with Gasteiger partial charge in [0.2, 0.25) is 0 Å². The van der Waals surface area contributed by atoms with Crippen LogP contribution in [-0.2, 0) is 5.41 Å². The van der Waals surface area contributed by atoms with Crippen LogP contribution in [0.15, 0.2) is 24.3 Å². The van der Waals surface area contributed by atoms with Crippen molar-refractivity contribution in [3.8, 4) is 5.75 Å². The van der Waals surface area contributed by atoms with Gasteiger partial charge in [0.15, 0.2) is 0 Å². The Morgan fingerprint density at radius 2 is 2.00 bits per heavy atom. The summed E-state index contributed by atoms with van der Waals surface area (Å²) in [6.07, 6.45) is 0.654. The molecule has 0 aliphatic rings. The molecule has 0 aliphatic heterocycles. The molecule has 0 amide bonds. The number of aromatic hydroxyl groups is 1. The predicted octanol–water partition coefficient (Wildman–Crippen LogP) is 0.991. The van der Waals surface area contributed by atoms with Crippen molar-refractivity contribution in [3.05, 3.63) is 29.8 Å². The number of aliphatic hydroxyl groups excluding tert-OH is 1. The number of nitrogens with two attached hydrogens (primary N) is 1. The quantitative estimate of drug-likeness (QED) is 0.671. The molecule has 14 heavy (non-hydrogen) atoms. The number of phenolic OH excluding ortho intramolecular Hbond substituents is 1. The fourth-order valence-electron chi connectivity index (χ4n) is 1.60. The van der Waals surface area contributed by atoms with E-state index in [-0.39, 0.29) is 12.4 Å². The van der Waals surface area contributed by atoms with E-state index in [2.05, 4.69) is 0 Å². The summed E-state index contributed by atoms with van der Waals surface area (Å²) < 4.78 is 0. The minimum Gasteiger partial charge on any atom is -0.508 e. The monoisotopic (exact) mass is 195 g/mol. The van der Waals surface area contributed by atoms with Gasteiger partial charge in [-0.05, 0) is 19.0 Å². The summed E-state index contributed by atoms with van der Waals surface area (Å²) in [6, 6.07) is 7.06. The fraction of sp³-hybridized carbons (Fsp3) is 0.455. The number of aliphatic hydroxyl groups is 1. The van der Waals surface area contributed by atoms with Gasteiger partial charge in [-0.25, -0.2) is 0 Å². The molecule has 3 nitrogen and oxygen atoms in total. The molecule has 1 aromatic rings. The summed E-state index contributed by atoms with van der Waals surface area (Å²) in [7, 11) is 0. The van der Waals surface area contributed by atoms with Crippen LogP contribution in [0.5, 0.6) is 5.75 Å². The lowest BCUT2D eigenvalue weighted by Crippen LogP contribution is -2.29. The van der Waals surface area contributed by atoms with Crippen molar-refractivity contribution in [2.24, 2.45) is 5.73 Å². The molecule has 1 atom stereocenters. The number of para-hydroxylation sites is 1. The first-order valence-corrected chi connectivity index (χ1v) is 4.73. The van der Waals surface area contributed by atoms with Crippen molar-refractivity contribution in [2.45, 2.75) is 18.8 Å². The Labute approximate surface area is 84.2 Å². The van der Waals surface area contributed by atoms with Crippen molar-refractivity contribution in [1.82, 2.24) is 0 Å². The zero-order valence-corrected chi connectivity index (χ0v) is 8.40. The van der Waals surface area contributed by atoms with E-state index >= 15 is 0 Å². The van der Waals surface area contributed by atoms with Crippen LogP contribution in [0.25, 0.3) is 0 Å². The highest BCUT2D eigenvalue weighted by Crippen LogP contribution is 2.32. The average molecular weight is 195 g/mol. The molecular weight excluding hydrogens is 178 g/mol. The summed E-state index contributed by atoms with van der Waals surface area (Å²) in [4.78, 5) is 0. The summed E-state index contributed by atoms with van der Waals surface area (Å²) >= 11 is 0. The number of phenols is 1. The maximum Gasteiger partial charge on any atom is 0.119 e. The third-order valence-corrected chi connectivity index (χ3v) is 2.60. The molecule has 0 spiro atoms. The zero-order chi connectivity index (χ0) is 10.6. The van der Waals surface area contributed by atoms with Crippen molar-refractivity contribution in [3.63, 3.8) is 0 Å². The highest BCUT2D eigenvalue weighted by Gasteiger charge is 2.27. The van der Waals surface area contributed by atoms with Crippen LogP contribution in [0.2, 0.25) is 0 Å². The predicted molar refractivity (Wildman–Crippen MR) is 56.2 cm³/mol. The van der Waals surface area contributed by atoms with Gasteiger partial charge in [0.1, 0.15) is 5.75 Å². The van der Waals surface area contributed by atoms with E-state index in [1.807, 2.05) is 19.1 Å². The van der Waals surface area contributed by atoms with Gasteiger partial charge >= 0.3 is 0 Å². The van der Waals surface area contributed by atoms with Crippen LogP contribution in [0, 0.1) is 0 Å². The number of benzene rings is 1. The molecule has 0 fully saturated rings. The molecule has 4 N–H and O–H groups in total. The lowest BCUT2D eigenvalue weighted by Gasteiger charge is -2.27. The van der Waals surface area contributed by atoms with E-state index in [1.165, 1.54) is 0 Å². The van der Waals surface area contributed by atoms with E-state index in [0.717, 1.165) is 5.56 Å². The van der Waals surface area contributed by atoms with Crippen molar-refractivity contribution >= 4 is 0 Å². The summed E-state index contributed by atoms with van der Waals surface area (Å²) in [5.74, 6) is 0.220. The van der Waals surface area contributed by atoms with Crippen LogP contribution >= 0.6 is 0 Å². The van der Waals surface area contributed by atoms with Crippen LogP contribution in [-0.4, -0.2) is 23.4 Å². The van der Waals surface area contributed by atoms with Crippen LogP contribution < -0.4 is 5.73 Å². The highest BCUT2D eigenvalue weighted by molar-refractivity contribution is 5.38. The molecule has 78 valence electrons.